The first-order chi connectivity index (χ1) is 9.11. The summed E-state index contributed by atoms with van der Waals surface area (Å²) in [7, 11) is 0. The maximum absolute atomic E-state index is 11.6. The Balaban J connectivity index is 1.97. The molecule has 0 spiro atoms. The zero-order valence-corrected chi connectivity index (χ0v) is 11.1. The van der Waals surface area contributed by atoms with Crippen molar-refractivity contribution >= 4 is 11.9 Å². The standard InChI is InChI=1S/C15H19NO3/c1-2-14(17)16-9-7-12(8-10-16)11-3-5-13(6-4-11)15(18)19/h3-6,12H,2,7-10H2,1H3,(H,18,19). The highest BCUT2D eigenvalue weighted by Crippen LogP contribution is 2.28. The second-order valence-electron chi connectivity index (χ2n) is 4.94. The van der Waals surface area contributed by atoms with Crippen LogP contribution in [0.3, 0.4) is 0 Å². The Bertz CT molecular complexity index is 459. The van der Waals surface area contributed by atoms with Crippen molar-refractivity contribution in [1.82, 2.24) is 4.90 Å². The van der Waals surface area contributed by atoms with Crippen molar-refractivity contribution in [2.24, 2.45) is 0 Å². The summed E-state index contributed by atoms with van der Waals surface area (Å²) in [5, 5.41) is 8.86. The van der Waals surface area contributed by atoms with E-state index in [1.165, 1.54) is 5.56 Å². The maximum Gasteiger partial charge on any atom is 0.335 e. The molecule has 0 aromatic heterocycles. The number of carbonyl (C=O) groups excluding carboxylic acids is 1. The molecule has 0 unspecified atom stereocenters. The number of aromatic carboxylic acids is 1. The minimum Gasteiger partial charge on any atom is -0.478 e. The summed E-state index contributed by atoms with van der Waals surface area (Å²) >= 11 is 0. The first kappa shape index (κ1) is 13.6. The van der Waals surface area contributed by atoms with Crippen molar-refractivity contribution in [1.29, 1.82) is 0 Å². The molecular formula is C15H19NO3. The lowest BCUT2D eigenvalue weighted by Crippen LogP contribution is -2.37. The highest BCUT2D eigenvalue weighted by molar-refractivity contribution is 5.87. The molecule has 19 heavy (non-hydrogen) atoms. The number of carboxylic acids is 1. The molecule has 1 saturated heterocycles. The van der Waals surface area contributed by atoms with Crippen LogP contribution in [0.4, 0.5) is 0 Å². The zero-order chi connectivity index (χ0) is 13.8. The number of hydrogen-bond donors (Lipinski definition) is 1. The van der Waals surface area contributed by atoms with Crippen LogP contribution in [0.25, 0.3) is 0 Å². The van der Waals surface area contributed by atoms with Gasteiger partial charge in [0.25, 0.3) is 0 Å². The minimum atomic E-state index is -0.894. The van der Waals surface area contributed by atoms with Crippen LogP contribution in [0.5, 0.6) is 0 Å². The van der Waals surface area contributed by atoms with Gasteiger partial charge in [0.15, 0.2) is 0 Å². The van der Waals surface area contributed by atoms with E-state index in [4.69, 9.17) is 5.11 Å². The molecule has 1 aliphatic heterocycles. The molecule has 0 saturated carbocycles. The van der Waals surface area contributed by atoms with Gasteiger partial charge >= 0.3 is 5.97 Å². The number of benzene rings is 1. The average Bonchev–Trinajstić information content (AvgIpc) is 2.46. The predicted octanol–water partition coefficient (Wildman–Crippen LogP) is 2.50. The topological polar surface area (TPSA) is 57.6 Å². The van der Waals surface area contributed by atoms with Crippen LogP contribution in [-0.4, -0.2) is 35.0 Å². The molecule has 4 nitrogen and oxygen atoms in total. The fourth-order valence-electron chi connectivity index (χ4n) is 2.58. The van der Waals surface area contributed by atoms with Crippen molar-refractivity contribution < 1.29 is 14.7 Å². The van der Waals surface area contributed by atoms with Gasteiger partial charge in [-0.15, -0.1) is 0 Å². The van der Waals surface area contributed by atoms with Crippen LogP contribution in [0.15, 0.2) is 24.3 Å². The van der Waals surface area contributed by atoms with E-state index in [-0.39, 0.29) is 5.91 Å². The van der Waals surface area contributed by atoms with E-state index in [0.29, 0.717) is 17.9 Å². The number of carbonyl (C=O) groups is 2. The van der Waals surface area contributed by atoms with Gasteiger partial charge in [0.2, 0.25) is 5.91 Å². The van der Waals surface area contributed by atoms with Crippen LogP contribution in [0.2, 0.25) is 0 Å². The van der Waals surface area contributed by atoms with Crippen LogP contribution in [0, 0.1) is 0 Å². The molecule has 1 N–H and O–H groups in total. The highest BCUT2D eigenvalue weighted by Gasteiger charge is 2.22. The van der Waals surface area contributed by atoms with Gasteiger partial charge in [-0.2, -0.15) is 0 Å². The number of piperidine rings is 1. The van der Waals surface area contributed by atoms with Gasteiger partial charge in [0.1, 0.15) is 0 Å². The van der Waals surface area contributed by atoms with Crippen LogP contribution >= 0.6 is 0 Å². The summed E-state index contributed by atoms with van der Waals surface area (Å²) in [4.78, 5) is 24.3. The van der Waals surface area contributed by atoms with Crippen LogP contribution < -0.4 is 0 Å². The van der Waals surface area contributed by atoms with Gasteiger partial charge in [-0.1, -0.05) is 19.1 Å². The number of rotatable bonds is 3. The predicted molar refractivity (Wildman–Crippen MR) is 72.2 cm³/mol. The number of carboxylic acid groups (broad SMARTS) is 1. The SMILES string of the molecule is CCC(=O)N1CCC(c2ccc(C(=O)O)cc2)CC1. The van der Waals surface area contributed by atoms with E-state index in [9.17, 15) is 9.59 Å². The Labute approximate surface area is 113 Å². The largest absolute Gasteiger partial charge is 0.478 e. The molecule has 1 aromatic rings. The Kier molecular flexibility index (Phi) is 4.20. The summed E-state index contributed by atoms with van der Waals surface area (Å²) in [5.74, 6) is -0.238. The summed E-state index contributed by atoms with van der Waals surface area (Å²) in [6.45, 7) is 3.50. The molecule has 102 valence electrons. The minimum absolute atomic E-state index is 0.222. The van der Waals surface area contributed by atoms with Crippen molar-refractivity contribution in [3.05, 3.63) is 35.4 Å². The fourth-order valence-corrected chi connectivity index (χ4v) is 2.58. The fraction of sp³-hybridized carbons (Fsp3) is 0.467. The molecule has 0 radical (unpaired) electrons. The third kappa shape index (κ3) is 3.13. The molecule has 2 rings (SSSR count). The van der Waals surface area contributed by atoms with E-state index < -0.39 is 5.97 Å². The van der Waals surface area contributed by atoms with Crippen molar-refractivity contribution in [2.45, 2.75) is 32.1 Å². The second-order valence-corrected chi connectivity index (χ2v) is 4.94. The molecule has 1 heterocycles. The third-order valence-corrected chi connectivity index (χ3v) is 3.78. The molecule has 1 amide bonds. The first-order valence-electron chi connectivity index (χ1n) is 6.73. The first-order valence-corrected chi connectivity index (χ1v) is 6.73. The summed E-state index contributed by atoms with van der Waals surface area (Å²) in [5.41, 5.74) is 1.50. The molecule has 0 bridgehead atoms. The van der Waals surface area contributed by atoms with Crippen molar-refractivity contribution in [3.63, 3.8) is 0 Å². The molecule has 1 aliphatic rings. The van der Waals surface area contributed by atoms with E-state index >= 15 is 0 Å². The summed E-state index contributed by atoms with van der Waals surface area (Å²) in [6.07, 6.45) is 2.48. The Morgan fingerprint density at radius 2 is 1.79 bits per heavy atom. The number of likely N-dealkylation sites (tertiary alicyclic amines) is 1. The Hall–Kier alpha value is -1.84. The van der Waals surface area contributed by atoms with Gasteiger partial charge in [-0.3, -0.25) is 4.79 Å². The maximum atomic E-state index is 11.6. The van der Waals surface area contributed by atoms with Crippen molar-refractivity contribution in [3.8, 4) is 0 Å². The zero-order valence-electron chi connectivity index (χ0n) is 11.1. The van der Waals surface area contributed by atoms with Gasteiger partial charge in [-0.05, 0) is 36.5 Å². The second kappa shape index (κ2) is 5.87. The van der Waals surface area contributed by atoms with Gasteiger partial charge in [0, 0.05) is 19.5 Å². The third-order valence-electron chi connectivity index (χ3n) is 3.78. The lowest BCUT2D eigenvalue weighted by Gasteiger charge is -2.32. The Morgan fingerprint density at radius 3 is 2.26 bits per heavy atom. The lowest BCUT2D eigenvalue weighted by atomic mass is 9.89. The number of amides is 1. The number of nitrogens with zero attached hydrogens (tertiary/aromatic N) is 1. The normalized spacial score (nSPS) is 16.4. The summed E-state index contributed by atoms with van der Waals surface area (Å²) in [6, 6.07) is 7.10. The molecule has 0 aliphatic carbocycles. The van der Waals surface area contributed by atoms with Crippen LogP contribution in [-0.2, 0) is 4.79 Å². The number of hydrogen-bond acceptors (Lipinski definition) is 2. The van der Waals surface area contributed by atoms with Crippen molar-refractivity contribution in [2.75, 3.05) is 13.1 Å². The van der Waals surface area contributed by atoms with Gasteiger partial charge in [-0.25, -0.2) is 4.79 Å². The molecular weight excluding hydrogens is 242 g/mol. The monoisotopic (exact) mass is 261 g/mol. The van der Waals surface area contributed by atoms with Crippen LogP contribution in [0.1, 0.15) is 48.0 Å². The van der Waals surface area contributed by atoms with E-state index in [1.807, 2.05) is 24.0 Å². The quantitative estimate of drug-likeness (QED) is 0.909. The molecule has 0 atom stereocenters. The Morgan fingerprint density at radius 1 is 1.21 bits per heavy atom. The molecule has 4 heteroatoms. The molecule has 1 aromatic carbocycles. The smallest absolute Gasteiger partial charge is 0.335 e. The van der Waals surface area contributed by atoms with E-state index in [1.54, 1.807) is 12.1 Å². The van der Waals surface area contributed by atoms with Gasteiger partial charge < -0.3 is 10.0 Å². The van der Waals surface area contributed by atoms with E-state index in [0.717, 1.165) is 25.9 Å². The highest BCUT2D eigenvalue weighted by atomic mass is 16.4. The lowest BCUT2D eigenvalue weighted by molar-refractivity contribution is -0.131. The summed E-state index contributed by atoms with van der Waals surface area (Å²) < 4.78 is 0. The molecule has 1 fully saturated rings. The average molecular weight is 261 g/mol. The van der Waals surface area contributed by atoms with E-state index in [2.05, 4.69) is 0 Å². The van der Waals surface area contributed by atoms with Gasteiger partial charge in [0.05, 0.1) is 5.56 Å².